The maximum absolute atomic E-state index is 15.0. The quantitative estimate of drug-likeness (QED) is 0.610. The molecule has 4 rings (SSSR count). The lowest BCUT2D eigenvalue weighted by atomic mass is 10.1. The van der Waals surface area contributed by atoms with Crippen LogP contribution in [0, 0.1) is 5.82 Å². The van der Waals surface area contributed by atoms with Crippen LogP contribution in [-0.2, 0) is 17.8 Å². The average Bonchev–Trinajstić information content (AvgIpc) is 2.75. The first-order chi connectivity index (χ1) is 13.8. The van der Waals surface area contributed by atoms with Crippen LogP contribution in [0.25, 0.3) is 0 Å². The van der Waals surface area contributed by atoms with E-state index in [1.807, 2.05) is 48.5 Å². The first-order valence-corrected chi connectivity index (χ1v) is 9.74. The molecule has 0 unspecified atom stereocenters. The molecular weight excluding hydrogens is 351 g/mol. The van der Waals surface area contributed by atoms with E-state index in [-0.39, 0.29) is 5.82 Å². The van der Waals surface area contributed by atoms with E-state index in [1.54, 1.807) is 6.07 Å². The van der Waals surface area contributed by atoms with Gasteiger partial charge in [0.2, 0.25) is 0 Å². The molecule has 1 heterocycles. The lowest BCUT2D eigenvalue weighted by Crippen LogP contribution is -2.36. The fourth-order valence-electron chi connectivity index (χ4n) is 3.60. The zero-order chi connectivity index (χ0) is 19.2. The van der Waals surface area contributed by atoms with Crippen molar-refractivity contribution in [2.24, 2.45) is 0 Å². The summed E-state index contributed by atoms with van der Waals surface area (Å²) in [6, 6.07) is 26.2. The van der Waals surface area contributed by atoms with Gasteiger partial charge in [-0.25, -0.2) is 4.39 Å². The average molecular weight is 376 g/mol. The Hall–Kier alpha value is -2.85. The van der Waals surface area contributed by atoms with Crippen LogP contribution in [0.1, 0.15) is 11.1 Å². The van der Waals surface area contributed by atoms with Gasteiger partial charge in [-0.2, -0.15) is 0 Å². The number of benzene rings is 3. The largest absolute Gasteiger partial charge is 0.378 e. The van der Waals surface area contributed by atoms with Crippen molar-refractivity contribution in [3.05, 3.63) is 95.8 Å². The molecule has 4 heteroatoms. The summed E-state index contributed by atoms with van der Waals surface area (Å²) < 4.78 is 20.3. The highest BCUT2D eigenvalue weighted by Crippen LogP contribution is 2.28. The first-order valence-electron chi connectivity index (χ1n) is 9.74. The van der Waals surface area contributed by atoms with Crippen LogP contribution in [-0.4, -0.2) is 26.3 Å². The second kappa shape index (κ2) is 8.89. The van der Waals surface area contributed by atoms with Crippen molar-refractivity contribution >= 4 is 11.4 Å². The molecule has 0 radical (unpaired) electrons. The Morgan fingerprint density at radius 2 is 1.36 bits per heavy atom. The van der Waals surface area contributed by atoms with Crippen molar-refractivity contribution in [2.75, 3.05) is 36.1 Å². The van der Waals surface area contributed by atoms with Gasteiger partial charge < -0.3 is 14.5 Å². The third kappa shape index (κ3) is 4.52. The van der Waals surface area contributed by atoms with Crippen molar-refractivity contribution in [1.82, 2.24) is 0 Å². The number of ether oxygens (including phenoxy) is 1. The van der Waals surface area contributed by atoms with Crippen molar-refractivity contribution in [2.45, 2.75) is 13.1 Å². The highest BCUT2D eigenvalue weighted by molar-refractivity contribution is 5.58. The fraction of sp³-hybridized carbons (Fsp3) is 0.250. The Balaban J connectivity index is 1.60. The highest BCUT2D eigenvalue weighted by Gasteiger charge is 2.17. The van der Waals surface area contributed by atoms with E-state index >= 15 is 0 Å². The number of rotatable bonds is 6. The Morgan fingerprint density at radius 3 is 1.89 bits per heavy atom. The van der Waals surface area contributed by atoms with Crippen LogP contribution < -0.4 is 9.80 Å². The third-order valence-corrected chi connectivity index (χ3v) is 5.08. The van der Waals surface area contributed by atoms with Gasteiger partial charge >= 0.3 is 0 Å². The van der Waals surface area contributed by atoms with E-state index in [0.29, 0.717) is 18.9 Å². The Labute approximate surface area is 166 Å². The summed E-state index contributed by atoms with van der Waals surface area (Å²) in [6.07, 6.45) is 0. The van der Waals surface area contributed by atoms with Crippen LogP contribution in [0.4, 0.5) is 15.8 Å². The fourth-order valence-corrected chi connectivity index (χ4v) is 3.60. The zero-order valence-corrected chi connectivity index (χ0v) is 15.9. The highest BCUT2D eigenvalue weighted by atomic mass is 19.1. The predicted octanol–water partition coefficient (Wildman–Crippen LogP) is 4.87. The van der Waals surface area contributed by atoms with E-state index in [9.17, 15) is 4.39 Å². The van der Waals surface area contributed by atoms with Gasteiger partial charge in [0.15, 0.2) is 0 Å². The maximum atomic E-state index is 15.0. The molecule has 1 fully saturated rings. The minimum absolute atomic E-state index is 0.175. The molecule has 1 aliphatic heterocycles. The van der Waals surface area contributed by atoms with Crippen LogP contribution in [0.15, 0.2) is 78.9 Å². The molecule has 1 saturated heterocycles. The second-order valence-corrected chi connectivity index (χ2v) is 7.06. The van der Waals surface area contributed by atoms with Gasteiger partial charge in [-0.05, 0) is 29.3 Å². The topological polar surface area (TPSA) is 15.7 Å². The lowest BCUT2D eigenvalue weighted by molar-refractivity contribution is 0.122. The number of hydrogen-bond donors (Lipinski definition) is 0. The standard InChI is InChI=1S/C24H25FN2O/c25-23-17-22(11-12-24(23)26-13-15-28-16-14-26)27(18-20-7-3-1-4-8-20)19-21-9-5-2-6-10-21/h1-12,17H,13-16,18-19H2. The maximum Gasteiger partial charge on any atom is 0.148 e. The number of nitrogens with zero attached hydrogens (tertiary/aromatic N) is 2. The third-order valence-electron chi connectivity index (χ3n) is 5.08. The molecule has 28 heavy (non-hydrogen) atoms. The SMILES string of the molecule is Fc1cc(N(Cc2ccccc2)Cc2ccccc2)ccc1N1CCOCC1. The zero-order valence-electron chi connectivity index (χ0n) is 15.9. The Kier molecular flexibility index (Phi) is 5.88. The van der Waals surface area contributed by atoms with Gasteiger partial charge in [0, 0.05) is 31.9 Å². The number of halogens is 1. The molecule has 3 aromatic rings. The van der Waals surface area contributed by atoms with Crippen LogP contribution in [0.2, 0.25) is 0 Å². The number of morpholine rings is 1. The summed E-state index contributed by atoms with van der Waals surface area (Å²) in [5.41, 5.74) is 3.96. The van der Waals surface area contributed by atoms with Gasteiger partial charge in [0.1, 0.15) is 5.82 Å². The van der Waals surface area contributed by atoms with Crippen LogP contribution in [0.3, 0.4) is 0 Å². The summed E-state index contributed by atoms with van der Waals surface area (Å²) in [5.74, 6) is -0.175. The van der Waals surface area contributed by atoms with Crippen LogP contribution in [0.5, 0.6) is 0 Å². The summed E-state index contributed by atoms with van der Waals surface area (Å²) >= 11 is 0. The van der Waals surface area contributed by atoms with Gasteiger partial charge in [0.05, 0.1) is 18.9 Å². The normalized spacial score (nSPS) is 14.1. The van der Waals surface area contributed by atoms with E-state index < -0.39 is 0 Å². The van der Waals surface area contributed by atoms with Gasteiger partial charge in [-0.15, -0.1) is 0 Å². The minimum Gasteiger partial charge on any atom is -0.378 e. The smallest absolute Gasteiger partial charge is 0.148 e. The molecule has 0 N–H and O–H groups in total. The molecular formula is C24H25FN2O. The van der Waals surface area contributed by atoms with Crippen molar-refractivity contribution < 1.29 is 9.13 Å². The summed E-state index contributed by atoms with van der Waals surface area (Å²) in [4.78, 5) is 4.28. The summed E-state index contributed by atoms with van der Waals surface area (Å²) in [7, 11) is 0. The summed E-state index contributed by atoms with van der Waals surface area (Å²) in [6.45, 7) is 4.21. The molecule has 0 saturated carbocycles. The van der Waals surface area contributed by atoms with E-state index in [1.165, 1.54) is 11.1 Å². The molecule has 0 spiro atoms. The van der Waals surface area contributed by atoms with Gasteiger partial charge in [-0.1, -0.05) is 60.7 Å². The molecule has 3 nitrogen and oxygen atoms in total. The Morgan fingerprint density at radius 1 is 0.786 bits per heavy atom. The molecule has 0 aromatic heterocycles. The number of hydrogen-bond acceptors (Lipinski definition) is 3. The van der Waals surface area contributed by atoms with E-state index in [0.717, 1.165) is 31.9 Å². The van der Waals surface area contributed by atoms with Gasteiger partial charge in [-0.3, -0.25) is 0 Å². The predicted molar refractivity (Wildman–Crippen MR) is 112 cm³/mol. The molecule has 0 amide bonds. The molecule has 144 valence electrons. The molecule has 0 aliphatic carbocycles. The molecule has 0 atom stereocenters. The number of anilines is 2. The first kappa shape index (κ1) is 18.5. The van der Waals surface area contributed by atoms with E-state index in [2.05, 4.69) is 34.1 Å². The lowest BCUT2D eigenvalue weighted by Gasteiger charge is -2.30. The molecule has 0 bridgehead atoms. The molecule has 1 aliphatic rings. The minimum atomic E-state index is -0.175. The summed E-state index contributed by atoms with van der Waals surface area (Å²) in [5, 5.41) is 0. The van der Waals surface area contributed by atoms with E-state index in [4.69, 9.17) is 4.74 Å². The van der Waals surface area contributed by atoms with Crippen molar-refractivity contribution in [3.63, 3.8) is 0 Å². The monoisotopic (exact) mass is 376 g/mol. The van der Waals surface area contributed by atoms with Crippen molar-refractivity contribution in [3.8, 4) is 0 Å². The molecule has 3 aromatic carbocycles. The van der Waals surface area contributed by atoms with Crippen LogP contribution >= 0.6 is 0 Å². The van der Waals surface area contributed by atoms with Crippen molar-refractivity contribution in [1.29, 1.82) is 0 Å². The second-order valence-electron chi connectivity index (χ2n) is 7.06. The Bertz CT molecular complexity index is 838. The van der Waals surface area contributed by atoms with Gasteiger partial charge in [0.25, 0.3) is 0 Å².